The largest absolute Gasteiger partial charge is 0.351 e. The third-order valence-electron chi connectivity index (χ3n) is 4.20. The number of carbonyl (C=O) groups is 2. The number of nitrogens with one attached hydrogen (secondary N) is 2. The van der Waals surface area contributed by atoms with Gasteiger partial charge in [-0.2, -0.15) is 0 Å². The summed E-state index contributed by atoms with van der Waals surface area (Å²) in [6, 6.07) is 15.8. The Kier molecular flexibility index (Phi) is 5.61. The van der Waals surface area contributed by atoms with E-state index >= 15 is 0 Å². The van der Waals surface area contributed by atoms with E-state index in [1.54, 1.807) is 42.7 Å². The van der Waals surface area contributed by atoms with Gasteiger partial charge in [0.2, 0.25) is 0 Å². The Balaban J connectivity index is 1.56. The molecule has 1 aromatic heterocycles. The Morgan fingerprint density at radius 3 is 2.30 bits per heavy atom. The van der Waals surface area contributed by atoms with Crippen LogP contribution >= 0.6 is 0 Å². The van der Waals surface area contributed by atoms with Crippen LogP contribution in [-0.4, -0.2) is 33.1 Å². The minimum atomic E-state index is -0.190. The fraction of sp³-hybridized carbons (Fsp3) is 0.200. The third-order valence-corrected chi connectivity index (χ3v) is 4.20. The van der Waals surface area contributed by atoms with Crippen molar-refractivity contribution >= 4 is 17.5 Å². The maximum atomic E-state index is 12.3. The van der Waals surface area contributed by atoms with Crippen molar-refractivity contribution in [2.45, 2.75) is 12.8 Å². The van der Waals surface area contributed by atoms with Gasteiger partial charge in [0, 0.05) is 36.3 Å². The standard InChI is InChI=1S/C20H21N5O2/c1-14(18-24-22-13-25(18)2)12-21-19(26)16-8-10-17(11-9-16)23-20(27)15-6-4-3-5-7-15/h3-11,13-14H,12H2,1-2H3,(H,21,26)(H,23,27)/t14-/m1/s1. The second-order valence-corrected chi connectivity index (χ2v) is 6.31. The van der Waals surface area contributed by atoms with Gasteiger partial charge in [0.25, 0.3) is 11.8 Å². The second kappa shape index (κ2) is 8.27. The molecule has 0 radical (unpaired) electrons. The van der Waals surface area contributed by atoms with E-state index in [0.717, 1.165) is 5.82 Å². The summed E-state index contributed by atoms with van der Waals surface area (Å²) in [6.07, 6.45) is 1.64. The van der Waals surface area contributed by atoms with E-state index < -0.39 is 0 Å². The molecule has 0 aliphatic carbocycles. The van der Waals surface area contributed by atoms with E-state index in [1.165, 1.54) is 0 Å². The van der Waals surface area contributed by atoms with Crippen molar-refractivity contribution in [1.29, 1.82) is 0 Å². The average molecular weight is 363 g/mol. The molecule has 7 heteroatoms. The van der Waals surface area contributed by atoms with E-state index in [4.69, 9.17) is 0 Å². The van der Waals surface area contributed by atoms with Crippen molar-refractivity contribution in [3.8, 4) is 0 Å². The number of carbonyl (C=O) groups excluding carboxylic acids is 2. The van der Waals surface area contributed by atoms with Gasteiger partial charge in [-0.05, 0) is 36.4 Å². The molecule has 2 amide bonds. The molecule has 27 heavy (non-hydrogen) atoms. The first-order valence-electron chi connectivity index (χ1n) is 8.63. The van der Waals surface area contributed by atoms with Gasteiger partial charge in [0.15, 0.2) is 0 Å². The molecule has 0 unspecified atom stereocenters. The zero-order chi connectivity index (χ0) is 19.2. The highest BCUT2D eigenvalue weighted by Crippen LogP contribution is 2.13. The van der Waals surface area contributed by atoms with E-state index in [2.05, 4.69) is 20.8 Å². The molecular weight excluding hydrogens is 342 g/mol. The average Bonchev–Trinajstić information content (AvgIpc) is 3.13. The van der Waals surface area contributed by atoms with Gasteiger partial charge < -0.3 is 15.2 Å². The van der Waals surface area contributed by atoms with Crippen LogP contribution < -0.4 is 10.6 Å². The molecule has 0 saturated carbocycles. The molecule has 1 atom stereocenters. The van der Waals surface area contributed by atoms with E-state index in [0.29, 0.717) is 23.4 Å². The number of aryl methyl sites for hydroxylation is 1. The van der Waals surface area contributed by atoms with Gasteiger partial charge in [-0.15, -0.1) is 10.2 Å². The van der Waals surface area contributed by atoms with E-state index in [-0.39, 0.29) is 17.7 Å². The number of hydrogen-bond acceptors (Lipinski definition) is 4. The van der Waals surface area contributed by atoms with Gasteiger partial charge in [-0.25, -0.2) is 0 Å². The van der Waals surface area contributed by atoms with Crippen LogP contribution in [0.5, 0.6) is 0 Å². The van der Waals surface area contributed by atoms with E-state index in [1.807, 2.05) is 36.7 Å². The van der Waals surface area contributed by atoms with Crippen molar-refractivity contribution in [2.24, 2.45) is 7.05 Å². The molecule has 0 bridgehead atoms. The lowest BCUT2D eigenvalue weighted by Crippen LogP contribution is -2.28. The SMILES string of the molecule is C[C@H](CNC(=O)c1ccc(NC(=O)c2ccccc2)cc1)c1nncn1C. The maximum Gasteiger partial charge on any atom is 0.255 e. The zero-order valence-corrected chi connectivity index (χ0v) is 15.2. The lowest BCUT2D eigenvalue weighted by molar-refractivity contribution is 0.0950. The smallest absolute Gasteiger partial charge is 0.255 e. The normalized spacial score (nSPS) is 11.6. The van der Waals surface area contributed by atoms with E-state index in [9.17, 15) is 9.59 Å². The Hall–Kier alpha value is -3.48. The minimum Gasteiger partial charge on any atom is -0.351 e. The summed E-state index contributed by atoms with van der Waals surface area (Å²) >= 11 is 0. The summed E-state index contributed by atoms with van der Waals surface area (Å²) in [5, 5.41) is 13.6. The molecule has 0 saturated heterocycles. The van der Waals surface area contributed by atoms with Gasteiger partial charge >= 0.3 is 0 Å². The topological polar surface area (TPSA) is 88.9 Å². The second-order valence-electron chi connectivity index (χ2n) is 6.31. The molecule has 0 spiro atoms. The monoisotopic (exact) mass is 363 g/mol. The fourth-order valence-corrected chi connectivity index (χ4v) is 2.68. The predicted molar refractivity (Wildman–Crippen MR) is 103 cm³/mol. The Labute approximate surface area is 157 Å². The first kappa shape index (κ1) is 18.3. The number of hydrogen-bond donors (Lipinski definition) is 2. The molecule has 7 nitrogen and oxygen atoms in total. The summed E-state index contributed by atoms with van der Waals surface area (Å²) in [4.78, 5) is 24.5. The first-order chi connectivity index (χ1) is 13.0. The minimum absolute atomic E-state index is 0.0471. The highest BCUT2D eigenvalue weighted by Gasteiger charge is 2.14. The van der Waals surface area contributed by atoms with Crippen LogP contribution in [0.25, 0.3) is 0 Å². The molecule has 2 N–H and O–H groups in total. The van der Waals surface area contributed by atoms with Gasteiger partial charge in [-0.1, -0.05) is 25.1 Å². The van der Waals surface area contributed by atoms with Crippen molar-refractivity contribution in [2.75, 3.05) is 11.9 Å². The molecule has 2 aromatic carbocycles. The Morgan fingerprint density at radius 2 is 1.67 bits per heavy atom. The summed E-state index contributed by atoms with van der Waals surface area (Å²) in [5.74, 6) is 0.496. The molecule has 3 rings (SSSR count). The van der Waals surface area contributed by atoms with Crippen molar-refractivity contribution < 1.29 is 9.59 Å². The summed E-state index contributed by atoms with van der Waals surface area (Å²) in [7, 11) is 1.87. The molecule has 138 valence electrons. The molecule has 0 aliphatic rings. The number of amides is 2. The van der Waals surface area contributed by atoms with Crippen LogP contribution in [0.4, 0.5) is 5.69 Å². The third kappa shape index (κ3) is 4.58. The number of aromatic nitrogens is 3. The van der Waals surface area contributed by atoms with Gasteiger partial charge in [0.1, 0.15) is 12.2 Å². The highest BCUT2D eigenvalue weighted by atomic mass is 16.2. The van der Waals surface area contributed by atoms with Crippen molar-refractivity contribution in [3.05, 3.63) is 77.9 Å². The van der Waals surface area contributed by atoms with Crippen molar-refractivity contribution in [3.63, 3.8) is 0 Å². The van der Waals surface area contributed by atoms with Crippen LogP contribution in [0.3, 0.4) is 0 Å². The Bertz CT molecular complexity index is 919. The number of rotatable bonds is 6. The molecular formula is C20H21N5O2. The molecule has 0 fully saturated rings. The van der Waals surface area contributed by atoms with Crippen LogP contribution in [0.15, 0.2) is 60.9 Å². The summed E-state index contributed by atoms with van der Waals surface area (Å²) in [6.45, 7) is 2.43. The fourth-order valence-electron chi connectivity index (χ4n) is 2.68. The van der Waals surface area contributed by atoms with Gasteiger partial charge in [0.05, 0.1) is 0 Å². The lowest BCUT2D eigenvalue weighted by atomic mass is 10.1. The molecule has 1 heterocycles. The van der Waals surface area contributed by atoms with Crippen LogP contribution in [0, 0.1) is 0 Å². The number of nitrogens with zero attached hydrogens (tertiary/aromatic N) is 3. The van der Waals surface area contributed by atoms with Crippen LogP contribution in [-0.2, 0) is 7.05 Å². The number of benzene rings is 2. The summed E-state index contributed by atoms with van der Waals surface area (Å²) in [5.41, 5.74) is 1.74. The zero-order valence-electron chi connectivity index (χ0n) is 15.2. The quantitative estimate of drug-likeness (QED) is 0.704. The Morgan fingerprint density at radius 1 is 1.00 bits per heavy atom. The predicted octanol–water partition coefficient (Wildman–Crippen LogP) is 2.60. The lowest BCUT2D eigenvalue weighted by Gasteiger charge is -2.12. The first-order valence-corrected chi connectivity index (χ1v) is 8.63. The van der Waals surface area contributed by atoms with Crippen LogP contribution in [0.1, 0.15) is 39.4 Å². The number of anilines is 1. The molecule has 3 aromatic rings. The molecule has 0 aliphatic heterocycles. The van der Waals surface area contributed by atoms with Gasteiger partial charge in [-0.3, -0.25) is 9.59 Å². The van der Waals surface area contributed by atoms with Crippen LogP contribution in [0.2, 0.25) is 0 Å². The summed E-state index contributed by atoms with van der Waals surface area (Å²) < 4.78 is 1.83. The van der Waals surface area contributed by atoms with Crippen molar-refractivity contribution in [1.82, 2.24) is 20.1 Å². The highest BCUT2D eigenvalue weighted by molar-refractivity contribution is 6.04. The maximum absolute atomic E-state index is 12.3.